The average Bonchev–Trinajstić information content (AvgIpc) is 2.72. The maximum absolute atomic E-state index is 9.56. The topological polar surface area (TPSA) is 41.5 Å². The van der Waals surface area contributed by atoms with Gasteiger partial charge >= 0.3 is 0 Å². The highest BCUT2D eigenvalue weighted by molar-refractivity contribution is 4.81. The molecule has 1 unspecified atom stereocenters. The Kier molecular flexibility index (Phi) is 3.19. The van der Waals surface area contributed by atoms with E-state index < -0.39 is 0 Å². The molecule has 0 aliphatic carbocycles. The lowest BCUT2D eigenvalue weighted by Crippen LogP contribution is -2.19. The van der Waals surface area contributed by atoms with Crippen LogP contribution in [0.1, 0.15) is 25.7 Å². The second-order valence-electron chi connectivity index (χ2n) is 4.20. The van der Waals surface area contributed by atoms with Gasteiger partial charge in [0.05, 0.1) is 12.2 Å². The minimum atomic E-state index is -0.124. The Labute approximate surface area is 79.5 Å². The first-order chi connectivity index (χ1) is 6.36. The van der Waals surface area contributed by atoms with E-state index in [4.69, 9.17) is 4.74 Å². The van der Waals surface area contributed by atoms with E-state index in [0.717, 1.165) is 32.5 Å². The van der Waals surface area contributed by atoms with E-state index in [-0.39, 0.29) is 6.10 Å². The van der Waals surface area contributed by atoms with E-state index in [1.54, 1.807) is 0 Å². The van der Waals surface area contributed by atoms with Gasteiger partial charge in [-0.2, -0.15) is 0 Å². The molecule has 2 aliphatic rings. The number of hydrogen-bond donors (Lipinski definition) is 2. The highest BCUT2D eigenvalue weighted by Crippen LogP contribution is 2.22. The lowest BCUT2D eigenvalue weighted by molar-refractivity contribution is 0.0857. The van der Waals surface area contributed by atoms with Crippen molar-refractivity contribution in [3.63, 3.8) is 0 Å². The number of β-amino-alcohol motifs (C(OH)–C–C–N with tert-alkyl or cyclic N) is 1. The predicted molar refractivity (Wildman–Crippen MR) is 50.6 cm³/mol. The zero-order valence-corrected chi connectivity index (χ0v) is 8.04. The number of aliphatic hydroxyl groups is 1. The van der Waals surface area contributed by atoms with Crippen LogP contribution in [0.15, 0.2) is 0 Å². The van der Waals surface area contributed by atoms with Crippen LogP contribution in [0.3, 0.4) is 0 Å². The van der Waals surface area contributed by atoms with Crippen LogP contribution in [-0.4, -0.2) is 37.0 Å². The molecule has 0 aromatic heterocycles. The van der Waals surface area contributed by atoms with Gasteiger partial charge in [-0.25, -0.2) is 0 Å². The molecule has 0 bridgehead atoms. The highest BCUT2D eigenvalue weighted by atomic mass is 16.5. The summed E-state index contributed by atoms with van der Waals surface area (Å²) in [6, 6.07) is 0. The van der Waals surface area contributed by atoms with E-state index in [2.05, 4.69) is 5.32 Å². The third-order valence-electron chi connectivity index (χ3n) is 3.19. The molecular formula is C10H19NO2. The van der Waals surface area contributed by atoms with E-state index >= 15 is 0 Å². The monoisotopic (exact) mass is 185 g/mol. The molecule has 2 saturated heterocycles. The van der Waals surface area contributed by atoms with Crippen molar-refractivity contribution in [2.24, 2.45) is 5.92 Å². The van der Waals surface area contributed by atoms with Crippen LogP contribution >= 0.6 is 0 Å². The number of hydrogen-bond acceptors (Lipinski definition) is 3. The normalized spacial score (nSPS) is 39.9. The van der Waals surface area contributed by atoms with Gasteiger partial charge in [-0.3, -0.25) is 0 Å². The van der Waals surface area contributed by atoms with Gasteiger partial charge in [-0.15, -0.1) is 0 Å². The Hall–Kier alpha value is -0.120. The number of nitrogens with one attached hydrogen (secondary N) is 1. The van der Waals surface area contributed by atoms with Crippen molar-refractivity contribution in [1.82, 2.24) is 5.32 Å². The van der Waals surface area contributed by atoms with Crippen LogP contribution in [0.4, 0.5) is 0 Å². The molecule has 2 heterocycles. The van der Waals surface area contributed by atoms with Crippen molar-refractivity contribution >= 4 is 0 Å². The zero-order valence-electron chi connectivity index (χ0n) is 8.04. The fourth-order valence-corrected chi connectivity index (χ4v) is 2.29. The maximum atomic E-state index is 9.56. The summed E-state index contributed by atoms with van der Waals surface area (Å²) in [5, 5.41) is 12.8. The fourth-order valence-electron chi connectivity index (χ4n) is 2.29. The van der Waals surface area contributed by atoms with E-state index in [1.165, 1.54) is 12.8 Å². The first-order valence-corrected chi connectivity index (χ1v) is 5.36. The Balaban J connectivity index is 1.66. The van der Waals surface area contributed by atoms with Crippen molar-refractivity contribution < 1.29 is 9.84 Å². The van der Waals surface area contributed by atoms with Crippen LogP contribution in [0.25, 0.3) is 0 Å². The zero-order chi connectivity index (χ0) is 9.10. The molecule has 76 valence electrons. The molecule has 2 rings (SSSR count). The summed E-state index contributed by atoms with van der Waals surface area (Å²) in [5.74, 6) is 0.462. The van der Waals surface area contributed by atoms with Gasteiger partial charge in [0.25, 0.3) is 0 Å². The first-order valence-electron chi connectivity index (χ1n) is 5.36. The van der Waals surface area contributed by atoms with Gasteiger partial charge in [0, 0.05) is 19.7 Å². The summed E-state index contributed by atoms with van der Waals surface area (Å²) >= 11 is 0. The third-order valence-corrected chi connectivity index (χ3v) is 3.19. The molecule has 0 saturated carbocycles. The lowest BCUT2D eigenvalue weighted by atomic mass is 9.97. The summed E-state index contributed by atoms with van der Waals surface area (Å²) in [5.41, 5.74) is 0. The molecule has 2 fully saturated rings. The number of ether oxygens (including phenoxy) is 1. The van der Waals surface area contributed by atoms with E-state index in [9.17, 15) is 5.11 Å². The smallest absolute Gasteiger partial charge is 0.0704 e. The number of rotatable bonds is 3. The Morgan fingerprint density at radius 2 is 2.23 bits per heavy atom. The minimum Gasteiger partial charge on any atom is -0.391 e. The van der Waals surface area contributed by atoms with Crippen molar-refractivity contribution in [2.45, 2.75) is 37.9 Å². The molecule has 2 N–H and O–H groups in total. The van der Waals surface area contributed by atoms with Crippen molar-refractivity contribution in [1.29, 1.82) is 0 Å². The SMILES string of the molecule is O[C@@H]1CNC[C@H]1CCC1CCCO1. The highest BCUT2D eigenvalue weighted by Gasteiger charge is 2.26. The Morgan fingerprint density at radius 3 is 2.85 bits per heavy atom. The van der Waals surface area contributed by atoms with Gasteiger partial charge in [0.2, 0.25) is 0 Å². The van der Waals surface area contributed by atoms with Crippen LogP contribution < -0.4 is 5.32 Å². The van der Waals surface area contributed by atoms with Crippen molar-refractivity contribution in [2.75, 3.05) is 19.7 Å². The lowest BCUT2D eigenvalue weighted by Gasteiger charge is -2.15. The summed E-state index contributed by atoms with van der Waals surface area (Å²) in [6.07, 6.45) is 5.03. The summed E-state index contributed by atoms with van der Waals surface area (Å²) in [6.45, 7) is 2.69. The van der Waals surface area contributed by atoms with Crippen LogP contribution in [0.5, 0.6) is 0 Å². The molecule has 3 nitrogen and oxygen atoms in total. The Bertz CT molecular complexity index is 157. The minimum absolute atomic E-state index is 0.124. The standard InChI is InChI=1S/C10H19NO2/c12-10-7-11-6-8(10)3-4-9-2-1-5-13-9/h8-12H,1-7H2/t8-,9?,10-/m1/s1. The second-order valence-corrected chi connectivity index (χ2v) is 4.20. The van der Waals surface area contributed by atoms with Crippen LogP contribution in [0, 0.1) is 5.92 Å². The summed E-state index contributed by atoms with van der Waals surface area (Å²) in [4.78, 5) is 0. The quantitative estimate of drug-likeness (QED) is 0.674. The molecule has 0 spiro atoms. The molecule has 3 heteroatoms. The predicted octanol–water partition coefficient (Wildman–Crippen LogP) is 0.526. The average molecular weight is 185 g/mol. The Morgan fingerprint density at radius 1 is 1.31 bits per heavy atom. The summed E-state index contributed by atoms with van der Waals surface area (Å²) < 4.78 is 5.55. The molecule has 0 amide bonds. The molecule has 0 radical (unpaired) electrons. The molecular weight excluding hydrogens is 166 g/mol. The molecule has 2 aliphatic heterocycles. The third kappa shape index (κ3) is 2.42. The van der Waals surface area contributed by atoms with Crippen LogP contribution in [-0.2, 0) is 4.74 Å². The number of aliphatic hydroxyl groups excluding tert-OH is 1. The van der Waals surface area contributed by atoms with E-state index in [1.807, 2.05) is 0 Å². The molecule has 0 aromatic rings. The van der Waals surface area contributed by atoms with E-state index in [0.29, 0.717) is 12.0 Å². The van der Waals surface area contributed by atoms with Crippen molar-refractivity contribution in [3.05, 3.63) is 0 Å². The molecule has 13 heavy (non-hydrogen) atoms. The van der Waals surface area contributed by atoms with Crippen LogP contribution in [0.2, 0.25) is 0 Å². The largest absolute Gasteiger partial charge is 0.391 e. The van der Waals surface area contributed by atoms with Crippen molar-refractivity contribution in [3.8, 4) is 0 Å². The van der Waals surface area contributed by atoms with Gasteiger partial charge in [-0.05, 0) is 31.6 Å². The first kappa shape index (κ1) is 9.44. The fraction of sp³-hybridized carbons (Fsp3) is 1.00. The van der Waals surface area contributed by atoms with Gasteiger partial charge in [0.15, 0.2) is 0 Å². The molecule has 3 atom stereocenters. The van der Waals surface area contributed by atoms with Gasteiger partial charge < -0.3 is 15.2 Å². The van der Waals surface area contributed by atoms with Gasteiger partial charge in [0.1, 0.15) is 0 Å². The molecule has 0 aromatic carbocycles. The summed E-state index contributed by atoms with van der Waals surface area (Å²) in [7, 11) is 0. The second kappa shape index (κ2) is 4.40. The maximum Gasteiger partial charge on any atom is 0.0704 e. The van der Waals surface area contributed by atoms with Gasteiger partial charge in [-0.1, -0.05) is 0 Å².